The van der Waals surface area contributed by atoms with Gasteiger partial charge >= 0.3 is 5.97 Å². The van der Waals surface area contributed by atoms with Crippen LogP contribution in [0.4, 0.5) is 0 Å². The average Bonchev–Trinajstić information content (AvgIpc) is 3.35. The lowest BCUT2D eigenvalue weighted by Gasteiger charge is -2.35. The van der Waals surface area contributed by atoms with E-state index in [1.165, 1.54) is 37.4 Å². The number of hydrogen-bond acceptors (Lipinski definition) is 14. The van der Waals surface area contributed by atoms with Crippen LogP contribution in [0.2, 0.25) is 0 Å². The number of carbonyl (C=O) groups excluding carboxylic acids is 2. The maximum absolute atomic E-state index is 14.1. The molecule has 0 spiro atoms. The average molecular weight is 905 g/mol. The van der Waals surface area contributed by atoms with Crippen molar-refractivity contribution in [2.24, 2.45) is 0 Å². The number of benzene rings is 7. The van der Waals surface area contributed by atoms with Crippen molar-refractivity contribution in [3.63, 3.8) is 0 Å². The molecule has 2 aliphatic heterocycles. The monoisotopic (exact) mass is 904 g/mol. The highest BCUT2D eigenvalue weighted by Crippen LogP contribution is 2.47. The molecule has 0 fully saturated rings. The van der Waals surface area contributed by atoms with Gasteiger partial charge in [-0.25, -0.2) is 4.79 Å². The second kappa shape index (κ2) is 19.5. The smallest absolute Gasteiger partial charge is 0.343 e. The van der Waals surface area contributed by atoms with Crippen LogP contribution in [0.5, 0.6) is 57.5 Å². The topological polar surface area (TPSA) is 189 Å². The second-order valence-corrected chi connectivity index (χ2v) is 15.7. The summed E-state index contributed by atoms with van der Waals surface area (Å²) < 4.78 is 48.7. The second-order valence-electron chi connectivity index (χ2n) is 15.7. The van der Waals surface area contributed by atoms with Gasteiger partial charge in [0.15, 0.2) is 58.9 Å². The summed E-state index contributed by atoms with van der Waals surface area (Å²) in [5.41, 5.74) is 3.18. The number of fused-ring (bicyclic) bond motifs is 2. The number of aliphatic hydroxyl groups is 2. The number of phenols is 2. The van der Waals surface area contributed by atoms with E-state index in [9.17, 15) is 30.0 Å². The van der Waals surface area contributed by atoms with Crippen molar-refractivity contribution in [1.82, 2.24) is 0 Å². The van der Waals surface area contributed by atoms with Gasteiger partial charge in [0.2, 0.25) is 11.5 Å². The minimum Gasteiger partial charge on any atom is -0.507 e. The third-order valence-electron chi connectivity index (χ3n) is 11.2. The van der Waals surface area contributed by atoms with Crippen LogP contribution in [0.15, 0.2) is 152 Å². The van der Waals surface area contributed by atoms with E-state index >= 15 is 0 Å². The van der Waals surface area contributed by atoms with Gasteiger partial charge in [-0.1, -0.05) is 103 Å². The molecule has 0 radical (unpaired) electrons. The van der Waals surface area contributed by atoms with Crippen molar-refractivity contribution < 1.29 is 67.9 Å². The van der Waals surface area contributed by atoms with Crippen molar-refractivity contribution in [2.45, 2.75) is 44.2 Å². The fraction of sp³-hybridized carbons (Fsp3) is 0.170. The Hall–Kier alpha value is -8.20. The molecule has 14 nitrogen and oxygen atoms in total. The molecule has 4 atom stereocenters. The fourth-order valence-electron chi connectivity index (χ4n) is 7.75. The highest BCUT2D eigenvalue weighted by Gasteiger charge is 2.41. The lowest BCUT2D eigenvalue weighted by Crippen LogP contribution is -2.37. The van der Waals surface area contributed by atoms with Crippen LogP contribution in [0.3, 0.4) is 0 Å². The number of aliphatic hydroxyl groups excluding tert-OH is 2. The Morgan fingerprint density at radius 2 is 1.15 bits per heavy atom. The van der Waals surface area contributed by atoms with E-state index in [0.29, 0.717) is 11.1 Å². The predicted molar refractivity (Wildman–Crippen MR) is 242 cm³/mol. The molecular weight excluding hydrogens is 861 g/mol. The molecule has 67 heavy (non-hydrogen) atoms. The molecule has 0 aromatic heterocycles. The zero-order valence-electron chi connectivity index (χ0n) is 35.9. The van der Waals surface area contributed by atoms with E-state index in [2.05, 4.69) is 0 Å². The standard InChI is InChI=1S/C53H44O14/c1-60-41-21-34(17-19-38(41)55)50-46(27-54)65-40-20-18-35(22-42(40)66-50)51-49(58)48(57)47-39(56)25-37(26-43(47)67-51)64-53(59)36-23-44(61-28-31-11-5-2-6-12-31)52(63-30-33-15-9-4-10-16-33)45(24-36)62-29-32-13-7-3-8-14-32/h2-26,46,49-51,54-56,58H,27-30H2,1H3/t46?,49-,50?,51+/m0/s1. The van der Waals surface area contributed by atoms with Crippen LogP contribution in [0, 0.1) is 0 Å². The van der Waals surface area contributed by atoms with Gasteiger partial charge in [0.1, 0.15) is 42.6 Å². The first kappa shape index (κ1) is 44.0. The summed E-state index contributed by atoms with van der Waals surface area (Å²) >= 11 is 0. The first-order chi connectivity index (χ1) is 32.6. The van der Waals surface area contributed by atoms with E-state index in [1.807, 2.05) is 91.0 Å². The molecule has 2 unspecified atom stereocenters. The molecule has 2 heterocycles. The van der Waals surface area contributed by atoms with Crippen LogP contribution < -0.4 is 37.9 Å². The Kier molecular flexibility index (Phi) is 12.8. The summed E-state index contributed by atoms with van der Waals surface area (Å²) in [5.74, 6) is -1.33. The van der Waals surface area contributed by atoms with Gasteiger partial charge in [-0.05, 0) is 58.7 Å². The Bertz CT molecular complexity index is 2820. The summed E-state index contributed by atoms with van der Waals surface area (Å²) in [6.07, 6.45) is -4.73. The lowest BCUT2D eigenvalue weighted by molar-refractivity contribution is -0.0130. The molecule has 9 rings (SSSR count). The number of methoxy groups -OCH3 is 1. The van der Waals surface area contributed by atoms with E-state index in [0.717, 1.165) is 22.8 Å². The molecule has 340 valence electrons. The van der Waals surface area contributed by atoms with Gasteiger partial charge in [-0.2, -0.15) is 0 Å². The zero-order valence-corrected chi connectivity index (χ0v) is 35.9. The largest absolute Gasteiger partial charge is 0.507 e. The Morgan fingerprint density at radius 1 is 0.582 bits per heavy atom. The molecule has 0 aliphatic carbocycles. The molecule has 7 aromatic rings. The minimum atomic E-state index is -1.76. The van der Waals surface area contributed by atoms with Gasteiger partial charge < -0.3 is 58.3 Å². The SMILES string of the molecule is COc1cc(C2Oc3cc([C@H]4Oc5cc(OC(=O)c6cc(OCc7ccccc7)c(OCc7ccccc7)c(OCc7ccccc7)c6)cc(O)c5C(=O)[C@@H]4O)ccc3OC2CO)ccc1O. The van der Waals surface area contributed by atoms with Gasteiger partial charge in [-0.15, -0.1) is 0 Å². The van der Waals surface area contributed by atoms with E-state index < -0.39 is 48.5 Å². The first-order valence-electron chi connectivity index (χ1n) is 21.3. The molecule has 0 saturated carbocycles. The van der Waals surface area contributed by atoms with Crippen LogP contribution in [-0.2, 0) is 19.8 Å². The zero-order chi connectivity index (χ0) is 46.4. The summed E-state index contributed by atoms with van der Waals surface area (Å²) in [7, 11) is 1.41. The van der Waals surface area contributed by atoms with Gasteiger partial charge in [-0.3, -0.25) is 4.79 Å². The Morgan fingerprint density at radius 3 is 1.75 bits per heavy atom. The van der Waals surface area contributed by atoms with Crippen molar-refractivity contribution >= 4 is 11.8 Å². The number of Topliss-reactive ketones (excluding diaryl/α,β-unsaturated/α-hetero) is 1. The number of ether oxygens (including phenoxy) is 8. The number of esters is 1. The summed E-state index contributed by atoms with van der Waals surface area (Å²) in [6.45, 7) is 0.0410. The first-order valence-corrected chi connectivity index (χ1v) is 21.3. The molecule has 0 amide bonds. The number of phenolic OH excluding ortho intramolecular Hbond substituents is 2. The van der Waals surface area contributed by atoms with E-state index in [4.69, 9.17) is 37.9 Å². The highest BCUT2D eigenvalue weighted by atomic mass is 16.6. The number of hydrogen-bond donors (Lipinski definition) is 4. The van der Waals surface area contributed by atoms with Crippen molar-refractivity contribution in [3.8, 4) is 57.5 Å². The van der Waals surface area contributed by atoms with Gasteiger partial charge in [0.05, 0.1) is 19.3 Å². The van der Waals surface area contributed by atoms with Crippen molar-refractivity contribution in [3.05, 3.63) is 191 Å². The van der Waals surface area contributed by atoms with E-state index in [-0.39, 0.29) is 82.7 Å². The fourth-order valence-corrected chi connectivity index (χ4v) is 7.75. The van der Waals surface area contributed by atoms with Crippen molar-refractivity contribution in [2.75, 3.05) is 13.7 Å². The molecule has 0 saturated heterocycles. The number of ketones is 1. The van der Waals surface area contributed by atoms with Crippen LogP contribution >= 0.6 is 0 Å². The van der Waals surface area contributed by atoms with E-state index in [1.54, 1.807) is 24.3 Å². The Labute approximate surface area is 384 Å². The maximum Gasteiger partial charge on any atom is 0.343 e. The lowest BCUT2D eigenvalue weighted by atomic mass is 9.92. The highest BCUT2D eigenvalue weighted by molar-refractivity contribution is 6.06. The maximum atomic E-state index is 14.1. The van der Waals surface area contributed by atoms with Crippen LogP contribution in [-0.4, -0.2) is 58.1 Å². The normalized spacial score (nSPS) is 17.1. The third-order valence-corrected chi connectivity index (χ3v) is 11.2. The molecule has 2 aliphatic rings. The van der Waals surface area contributed by atoms with Crippen LogP contribution in [0.1, 0.15) is 60.7 Å². The summed E-state index contributed by atoms with van der Waals surface area (Å²) in [4.78, 5) is 27.8. The summed E-state index contributed by atoms with van der Waals surface area (Å²) in [6, 6.07) is 43.1. The summed E-state index contributed by atoms with van der Waals surface area (Å²) in [5, 5.41) is 42.8. The quantitative estimate of drug-likeness (QED) is 0.0565. The third kappa shape index (κ3) is 9.62. The number of aromatic hydroxyl groups is 2. The molecule has 0 bridgehead atoms. The predicted octanol–water partition coefficient (Wildman–Crippen LogP) is 8.61. The number of rotatable bonds is 15. The number of carbonyl (C=O) groups is 2. The minimum absolute atomic E-state index is 0.0180. The van der Waals surface area contributed by atoms with Gasteiger partial charge in [0.25, 0.3) is 0 Å². The van der Waals surface area contributed by atoms with Crippen molar-refractivity contribution in [1.29, 1.82) is 0 Å². The molecule has 7 aromatic carbocycles. The molecule has 4 N–H and O–H groups in total. The van der Waals surface area contributed by atoms with Crippen LogP contribution in [0.25, 0.3) is 0 Å². The molecular formula is C53H44O14. The van der Waals surface area contributed by atoms with Gasteiger partial charge in [0, 0.05) is 17.7 Å². The molecule has 14 heteroatoms. The Balaban J connectivity index is 1.00.